The fourth-order valence-corrected chi connectivity index (χ4v) is 4.77. The SMILES string of the molecule is Cc1ccc(C(=O)N2CCC(c3ccc(C#N)cc3)CC2)cc1NS(=O)(=O)CC(F)(F)F. The zero-order chi connectivity index (χ0) is 23.5. The van der Waals surface area contributed by atoms with Crippen molar-refractivity contribution in [2.24, 2.45) is 0 Å². The van der Waals surface area contributed by atoms with Crippen LogP contribution in [0.1, 0.15) is 45.8 Å². The van der Waals surface area contributed by atoms with Gasteiger partial charge in [-0.15, -0.1) is 0 Å². The van der Waals surface area contributed by atoms with Gasteiger partial charge in [0.25, 0.3) is 5.91 Å². The van der Waals surface area contributed by atoms with Gasteiger partial charge in [-0.25, -0.2) is 8.42 Å². The molecule has 32 heavy (non-hydrogen) atoms. The van der Waals surface area contributed by atoms with Crippen LogP contribution in [0.25, 0.3) is 0 Å². The molecule has 0 saturated carbocycles. The highest BCUT2D eigenvalue weighted by Gasteiger charge is 2.35. The molecular formula is C22H22F3N3O3S. The molecule has 2 aromatic rings. The predicted octanol–water partition coefficient (Wildman–Crippen LogP) is 4.19. The van der Waals surface area contributed by atoms with Gasteiger partial charge >= 0.3 is 6.18 Å². The molecule has 0 aromatic heterocycles. The van der Waals surface area contributed by atoms with Crippen LogP contribution in [-0.4, -0.2) is 44.2 Å². The molecule has 6 nitrogen and oxygen atoms in total. The Morgan fingerprint density at radius 1 is 1.16 bits per heavy atom. The number of hydrogen-bond acceptors (Lipinski definition) is 4. The number of anilines is 1. The van der Waals surface area contributed by atoms with Crippen LogP contribution in [0.15, 0.2) is 42.5 Å². The first-order valence-electron chi connectivity index (χ1n) is 9.94. The number of hydrogen-bond donors (Lipinski definition) is 1. The van der Waals surface area contributed by atoms with E-state index in [9.17, 15) is 26.4 Å². The number of benzene rings is 2. The average Bonchev–Trinajstić information content (AvgIpc) is 2.73. The van der Waals surface area contributed by atoms with Gasteiger partial charge in [-0.2, -0.15) is 18.4 Å². The van der Waals surface area contributed by atoms with E-state index in [1.54, 1.807) is 24.0 Å². The number of rotatable bonds is 5. The van der Waals surface area contributed by atoms with Gasteiger partial charge in [-0.05, 0) is 61.1 Å². The quantitative estimate of drug-likeness (QED) is 0.717. The lowest BCUT2D eigenvalue weighted by atomic mass is 9.89. The lowest BCUT2D eigenvalue weighted by molar-refractivity contribution is -0.106. The standard InChI is InChI=1S/C22H22F3N3O3S/c1-15-2-5-19(12-20(15)27-32(30,31)14-22(23,24)25)21(29)28-10-8-18(9-11-28)17-6-3-16(13-26)4-7-17/h2-7,12,18,27H,8-11,14H2,1H3. The Morgan fingerprint density at radius 3 is 2.34 bits per heavy atom. The smallest absolute Gasteiger partial charge is 0.339 e. The van der Waals surface area contributed by atoms with Crippen molar-refractivity contribution in [3.8, 4) is 6.07 Å². The van der Waals surface area contributed by atoms with E-state index in [1.807, 2.05) is 16.9 Å². The molecule has 2 aromatic carbocycles. The Kier molecular flexibility index (Phi) is 6.79. The predicted molar refractivity (Wildman–Crippen MR) is 114 cm³/mol. The monoisotopic (exact) mass is 465 g/mol. The van der Waals surface area contributed by atoms with Crippen LogP contribution in [0.5, 0.6) is 0 Å². The Morgan fingerprint density at radius 2 is 1.78 bits per heavy atom. The molecule has 10 heteroatoms. The summed E-state index contributed by atoms with van der Waals surface area (Å²) in [6.07, 6.45) is -3.41. The Hall–Kier alpha value is -3.06. The van der Waals surface area contributed by atoms with Crippen molar-refractivity contribution in [1.29, 1.82) is 5.26 Å². The third kappa shape index (κ3) is 6.01. The molecule has 1 N–H and O–H groups in total. The normalized spacial score (nSPS) is 15.3. The van der Waals surface area contributed by atoms with Crippen LogP contribution in [-0.2, 0) is 10.0 Å². The van der Waals surface area contributed by atoms with E-state index in [4.69, 9.17) is 5.26 Å². The Balaban J connectivity index is 1.68. The van der Waals surface area contributed by atoms with Crippen LogP contribution >= 0.6 is 0 Å². The van der Waals surface area contributed by atoms with Crippen LogP contribution in [0, 0.1) is 18.3 Å². The lowest BCUT2D eigenvalue weighted by Gasteiger charge is -2.32. The van der Waals surface area contributed by atoms with E-state index < -0.39 is 22.0 Å². The molecule has 1 aliphatic heterocycles. The summed E-state index contributed by atoms with van der Waals surface area (Å²) in [6.45, 7) is 2.53. The molecule has 0 atom stereocenters. The highest BCUT2D eigenvalue weighted by atomic mass is 32.2. The van der Waals surface area contributed by atoms with Crippen molar-refractivity contribution >= 4 is 21.6 Å². The zero-order valence-corrected chi connectivity index (χ0v) is 18.1. The second-order valence-corrected chi connectivity index (χ2v) is 9.53. The maximum Gasteiger partial charge on any atom is 0.404 e. The molecule has 1 saturated heterocycles. The van der Waals surface area contributed by atoms with E-state index in [2.05, 4.69) is 6.07 Å². The number of aryl methyl sites for hydroxylation is 1. The second kappa shape index (κ2) is 9.20. The van der Waals surface area contributed by atoms with Crippen LogP contribution in [0.3, 0.4) is 0 Å². The van der Waals surface area contributed by atoms with Crippen molar-refractivity contribution in [3.63, 3.8) is 0 Å². The van der Waals surface area contributed by atoms with Gasteiger partial charge < -0.3 is 4.90 Å². The molecule has 3 rings (SSSR count). The van der Waals surface area contributed by atoms with Gasteiger partial charge in [0.05, 0.1) is 17.3 Å². The van der Waals surface area contributed by atoms with E-state index in [1.165, 1.54) is 18.2 Å². The number of halogens is 3. The summed E-state index contributed by atoms with van der Waals surface area (Å²) in [5.41, 5.74) is 2.26. The van der Waals surface area contributed by atoms with Crippen LogP contribution in [0.4, 0.5) is 18.9 Å². The van der Waals surface area contributed by atoms with Gasteiger partial charge in [0.2, 0.25) is 10.0 Å². The molecule has 0 aliphatic carbocycles. The number of alkyl halides is 3. The molecule has 0 bridgehead atoms. The first-order valence-corrected chi connectivity index (χ1v) is 11.6. The van der Waals surface area contributed by atoms with Crippen LogP contribution < -0.4 is 4.72 Å². The third-order valence-corrected chi connectivity index (χ3v) is 6.64. The molecule has 170 valence electrons. The summed E-state index contributed by atoms with van der Waals surface area (Å²) in [5, 5.41) is 8.91. The largest absolute Gasteiger partial charge is 0.404 e. The third-order valence-electron chi connectivity index (χ3n) is 5.40. The molecule has 1 aliphatic rings. The summed E-state index contributed by atoms with van der Waals surface area (Å²) >= 11 is 0. The van der Waals surface area contributed by atoms with Gasteiger partial charge in [0.1, 0.15) is 0 Å². The van der Waals surface area contributed by atoms with Gasteiger partial charge in [0, 0.05) is 18.7 Å². The van der Waals surface area contributed by atoms with Crippen molar-refractivity contribution in [2.75, 3.05) is 23.6 Å². The second-order valence-electron chi connectivity index (χ2n) is 7.81. The van der Waals surface area contributed by atoms with Crippen molar-refractivity contribution in [2.45, 2.75) is 31.9 Å². The number of nitrogens with zero attached hydrogens (tertiary/aromatic N) is 2. The summed E-state index contributed by atoms with van der Waals surface area (Å²) in [5.74, 6) is -2.05. The highest BCUT2D eigenvalue weighted by molar-refractivity contribution is 7.92. The molecule has 0 spiro atoms. The van der Waals surface area contributed by atoms with E-state index in [0.29, 0.717) is 24.2 Å². The maximum absolute atomic E-state index is 12.9. The highest BCUT2D eigenvalue weighted by Crippen LogP contribution is 2.29. The number of nitriles is 1. The minimum Gasteiger partial charge on any atom is -0.339 e. The number of carbonyl (C=O) groups is 1. The fourth-order valence-electron chi connectivity index (χ4n) is 3.71. The van der Waals surface area contributed by atoms with Crippen molar-refractivity contribution < 1.29 is 26.4 Å². The lowest BCUT2D eigenvalue weighted by Crippen LogP contribution is -2.38. The van der Waals surface area contributed by atoms with Crippen molar-refractivity contribution in [3.05, 3.63) is 64.7 Å². The first-order chi connectivity index (χ1) is 15.0. The first kappa shape index (κ1) is 23.6. The summed E-state index contributed by atoms with van der Waals surface area (Å²) < 4.78 is 63.1. The van der Waals surface area contributed by atoms with Gasteiger partial charge in [0.15, 0.2) is 5.75 Å². The van der Waals surface area contributed by atoms with Gasteiger partial charge in [-0.3, -0.25) is 9.52 Å². The van der Waals surface area contributed by atoms with Crippen molar-refractivity contribution in [1.82, 2.24) is 4.90 Å². The number of carbonyl (C=O) groups excluding carboxylic acids is 1. The molecule has 1 fully saturated rings. The Labute approximate surface area is 184 Å². The number of amides is 1. The summed E-state index contributed by atoms with van der Waals surface area (Å²) in [7, 11) is -4.65. The number of piperidine rings is 1. The van der Waals surface area contributed by atoms with E-state index in [-0.39, 0.29) is 23.1 Å². The molecule has 0 unspecified atom stereocenters. The topological polar surface area (TPSA) is 90.3 Å². The molecule has 0 radical (unpaired) electrons. The summed E-state index contributed by atoms with van der Waals surface area (Å²) in [6, 6.07) is 13.8. The van der Waals surface area contributed by atoms with Crippen LogP contribution in [0.2, 0.25) is 0 Å². The minimum absolute atomic E-state index is 0.0485. The Bertz CT molecular complexity index is 1130. The minimum atomic E-state index is -4.87. The zero-order valence-electron chi connectivity index (χ0n) is 17.3. The van der Waals surface area contributed by atoms with Gasteiger partial charge in [-0.1, -0.05) is 18.2 Å². The number of sulfonamides is 1. The molecule has 1 amide bonds. The average molecular weight is 465 g/mol. The number of likely N-dealkylation sites (tertiary alicyclic amines) is 1. The number of nitrogens with one attached hydrogen (secondary N) is 1. The molecule has 1 heterocycles. The fraction of sp³-hybridized carbons (Fsp3) is 0.364. The van der Waals surface area contributed by atoms with E-state index >= 15 is 0 Å². The summed E-state index contributed by atoms with van der Waals surface area (Å²) in [4.78, 5) is 14.6. The van der Waals surface area contributed by atoms with E-state index in [0.717, 1.165) is 18.4 Å². The molecular weight excluding hydrogens is 443 g/mol. The maximum atomic E-state index is 12.9.